The second-order valence-corrected chi connectivity index (χ2v) is 14.3. The molecule has 1 saturated heterocycles. The maximum atomic E-state index is 14.0. The first kappa shape index (κ1) is 47.9. The molecule has 6 atom stereocenters. The van der Waals surface area contributed by atoms with Crippen molar-refractivity contribution in [3.05, 3.63) is 0 Å². The Morgan fingerprint density at radius 3 is 1.67 bits per heavy atom. The number of carbonyl (C=O) groups excluding carboxylic acids is 8. The molecule has 0 aliphatic carbocycles. The van der Waals surface area contributed by atoms with Crippen LogP contribution >= 0.6 is 0 Å². The standard InChI is InChI=1S/C36H59N7O12/c1-8-11-22(30(49)35(54)37-17-9-2)39-33(52)25-12-10-18-43(25)36(55)29(20(5)6)42-34(53)28(19(3)4)41-32(51)24(14-16-27(47)48)40-31(50)23(38-21(7)44)13-15-26(45)46/h19-20,22-25,28-29H,8-18H2,1-7H3,(H,37,54)(H,38,44)(H,39,52)(H,40,50)(H,41,51)(H,42,53)(H,45,46)(H,47,48). The van der Waals surface area contributed by atoms with E-state index in [1.165, 1.54) is 4.90 Å². The number of rotatable bonds is 24. The van der Waals surface area contributed by atoms with Gasteiger partial charge in [0, 0.05) is 32.9 Å². The maximum Gasteiger partial charge on any atom is 0.303 e. The smallest absolute Gasteiger partial charge is 0.303 e. The number of amides is 7. The number of nitrogens with zero attached hydrogens (tertiary/aromatic N) is 1. The lowest BCUT2D eigenvalue weighted by Gasteiger charge is -2.33. The third-order valence-electron chi connectivity index (χ3n) is 8.91. The van der Waals surface area contributed by atoms with Gasteiger partial charge in [-0.05, 0) is 50.4 Å². The molecule has 1 heterocycles. The molecule has 0 aromatic carbocycles. The van der Waals surface area contributed by atoms with Gasteiger partial charge >= 0.3 is 11.9 Å². The average Bonchev–Trinajstić information content (AvgIpc) is 3.60. The highest BCUT2D eigenvalue weighted by molar-refractivity contribution is 6.38. The van der Waals surface area contributed by atoms with Gasteiger partial charge < -0.3 is 47.0 Å². The average molecular weight is 782 g/mol. The second-order valence-electron chi connectivity index (χ2n) is 14.3. The molecule has 0 bridgehead atoms. The van der Waals surface area contributed by atoms with E-state index < -0.39 is 126 Å². The van der Waals surface area contributed by atoms with Crippen molar-refractivity contribution in [3.8, 4) is 0 Å². The largest absolute Gasteiger partial charge is 0.481 e. The van der Waals surface area contributed by atoms with Gasteiger partial charge in [-0.15, -0.1) is 0 Å². The van der Waals surface area contributed by atoms with Crippen LogP contribution in [0.2, 0.25) is 0 Å². The van der Waals surface area contributed by atoms with Crippen LogP contribution in [-0.2, 0) is 47.9 Å². The van der Waals surface area contributed by atoms with Crippen LogP contribution < -0.4 is 31.9 Å². The molecule has 0 aromatic heterocycles. The summed E-state index contributed by atoms with van der Waals surface area (Å²) < 4.78 is 0. The highest BCUT2D eigenvalue weighted by atomic mass is 16.4. The van der Waals surface area contributed by atoms with E-state index in [0.717, 1.165) is 6.92 Å². The summed E-state index contributed by atoms with van der Waals surface area (Å²) in [5.74, 6) is -9.69. The van der Waals surface area contributed by atoms with Crippen LogP contribution in [0.5, 0.6) is 0 Å². The molecule has 0 radical (unpaired) electrons. The number of Topliss-reactive ketones (excluding diaryl/α,β-unsaturated/α-hetero) is 1. The molecule has 19 heteroatoms. The van der Waals surface area contributed by atoms with E-state index in [9.17, 15) is 53.1 Å². The van der Waals surface area contributed by atoms with E-state index in [4.69, 9.17) is 5.11 Å². The molecule has 310 valence electrons. The van der Waals surface area contributed by atoms with E-state index >= 15 is 0 Å². The zero-order valence-corrected chi connectivity index (χ0v) is 32.8. The first-order valence-electron chi connectivity index (χ1n) is 18.8. The minimum absolute atomic E-state index is 0.181. The minimum Gasteiger partial charge on any atom is -0.481 e. The van der Waals surface area contributed by atoms with Gasteiger partial charge in [0.15, 0.2) is 0 Å². The summed E-state index contributed by atoms with van der Waals surface area (Å²) >= 11 is 0. The molecule has 1 aliphatic rings. The van der Waals surface area contributed by atoms with Crippen LogP contribution in [0.15, 0.2) is 0 Å². The van der Waals surface area contributed by atoms with Crippen molar-refractivity contribution >= 4 is 59.1 Å². The van der Waals surface area contributed by atoms with Crippen molar-refractivity contribution in [1.29, 1.82) is 0 Å². The van der Waals surface area contributed by atoms with Crippen molar-refractivity contribution in [2.24, 2.45) is 11.8 Å². The predicted molar refractivity (Wildman–Crippen MR) is 197 cm³/mol. The van der Waals surface area contributed by atoms with Crippen molar-refractivity contribution in [2.45, 2.75) is 143 Å². The molecule has 1 rings (SSSR count). The SMILES string of the molecule is CCCNC(=O)C(=O)C(CCC)NC(=O)C1CCCN1C(=O)C(NC(=O)C(NC(=O)C(CCC(=O)O)NC(=O)C(CCC(=O)O)NC(C)=O)C(C)C)C(C)C. The number of ketones is 1. The Morgan fingerprint density at radius 2 is 1.18 bits per heavy atom. The summed E-state index contributed by atoms with van der Waals surface area (Å²) in [4.78, 5) is 128. The van der Waals surface area contributed by atoms with E-state index in [-0.39, 0.29) is 25.8 Å². The summed E-state index contributed by atoms with van der Waals surface area (Å²) in [7, 11) is 0. The van der Waals surface area contributed by atoms with Crippen LogP contribution in [0, 0.1) is 11.8 Å². The number of aliphatic carboxylic acids is 2. The molecular weight excluding hydrogens is 722 g/mol. The summed E-state index contributed by atoms with van der Waals surface area (Å²) in [6, 6.07) is -7.38. The van der Waals surface area contributed by atoms with Crippen molar-refractivity contribution < 1.29 is 58.2 Å². The Morgan fingerprint density at radius 1 is 0.655 bits per heavy atom. The number of nitrogens with one attached hydrogen (secondary N) is 6. The van der Waals surface area contributed by atoms with Crippen LogP contribution in [0.1, 0.15) is 106 Å². The van der Waals surface area contributed by atoms with Gasteiger partial charge in [-0.25, -0.2) is 0 Å². The van der Waals surface area contributed by atoms with Crippen molar-refractivity contribution in [2.75, 3.05) is 13.1 Å². The van der Waals surface area contributed by atoms with E-state index in [0.29, 0.717) is 25.8 Å². The molecule has 6 unspecified atom stereocenters. The fourth-order valence-electron chi connectivity index (χ4n) is 5.93. The highest BCUT2D eigenvalue weighted by Gasteiger charge is 2.41. The molecular formula is C36H59N7O12. The van der Waals surface area contributed by atoms with Gasteiger partial charge in [-0.2, -0.15) is 0 Å². The lowest BCUT2D eigenvalue weighted by molar-refractivity contribution is -0.144. The van der Waals surface area contributed by atoms with Crippen LogP contribution in [-0.4, -0.2) is 124 Å². The van der Waals surface area contributed by atoms with Gasteiger partial charge in [0.1, 0.15) is 30.2 Å². The minimum atomic E-state index is -1.51. The number of carbonyl (C=O) groups is 10. The number of likely N-dealkylation sites (tertiary alicyclic amines) is 1. The molecule has 55 heavy (non-hydrogen) atoms. The fourth-order valence-corrected chi connectivity index (χ4v) is 5.93. The Kier molecular flexibility index (Phi) is 20.6. The number of hydrogen-bond donors (Lipinski definition) is 8. The summed E-state index contributed by atoms with van der Waals surface area (Å²) in [6.45, 7) is 11.8. The molecule has 0 spiro atoms. The highest BCUT2D eigenvalue weighted by Crippen LogP contribution is 2.21. The molecule has 8 N–H and O–H groups in total. The fraction of sp³-hybridized carbons (Fsp3) is 0.722. The monoisotopic (exact) mass is 781 g/mol. The van der Waals surface area contributed by atoms with Crippen LogP contribution in [0.25, 0.3) is 0 Å². The molecule has 0 saturated carbocycles. The topological polar surface area (TPSA) is 287 Å². The Bertz CT molecular complexity index is 1420. The van der Waals surface area contributed by atoms with Crippen molar-refractivity contribution in [3.63, 3.8) is 0 Å². The third-order valence-corrected chi connectivity index (χ3v) is 8.91. The molecule has 1 aliphatic heterocycles. The number of carboxylic acid groups (broad SMARTS) is 2. The Hall–Kier alpha value is -5.10. The van der Waals surface area contributed by atoms with E-state index in [1.54, 1.807) is 34.6 Å². The molecule has 1 fully saturated rings. The Balaban J connectivity index is 3.22. The zero-order chi connectivity index (χ0) is 42.0. The van der Waals surface area contributed by atoms with E-state index in [1.807, 2.05) is 6.92 Å². The molecule has 7 amide bonds. The quantitative estimate of drug-likeness (QED) is 0.0568. The summed E-state index contributed by atoms with van der Waals surface area (Å²) in [5.41, 5.74) is 0. The van der Waals surface area contributed by atoms with Gasteiger partial charge in [0.25, 0.3) is 5.91 Å². The normalized spacial score (nSPS) is 16.5. The first-order valence-corrected chi connectivity index (χ1v) is 18.8. The lowest BCUT2D eigenvalue weighted by atomic mass is 9.98. The van der Waals surface area contributed by atoms with Crippen LogP contribution in [0.3, 0.4) is 0 Å². The number of hydrogen-bond acceptors (Lipinski definition) is 10. The van der Waals surface area contributed by atoms with Crippen molar-refractivity contribution in [1.82, 2.24) is 36.8 Å². The zero-order valence-electron chi connectivity index (χ0n) is 32.8. The van der Waals surface area contributed by atoms with Gasteiger partial charge in [0.2, 0.25) is 41.2 Å². The second kappa shape index (κ2) is 23.6. The molecule has 19 nitrogen and oxygen atoms in total. The first-order chi connectivity index (χ1) is 25.7. The lowest BCUT2D eigenvalue weighted by Crippen LogP contribution is -2.61. The Labute approximate surface area is 321 Å². The van der Waals surface area contributed by atoms with Crippen LogP contribution in [0.4, 0.5) is 0 Å². The predicted octanol–water partition coefficient (Wildman–Crippen LogP) is -0.642. The summed E-state index contributed by atoms with van der Waals surface area (Å²) in [5, 5.41) is 33.4. The van der Waals surface area contributed by atoms with E-state index in [2.05, 4.69) is 31.9 Å². The maximum absolute atomic E-state index is 14.0. The number of carboxylic acids is 2. The van der Waals surface area contributed by atoms with Gasteiger partial charge in [-0.1, -0.05) is 48.0 Å². The molecule has 0 aromatic rings. The summed E-state index contributed by atoms with van der Waals surface area (Å²) in [6.07, 6.45) is 0.271. The van der Waals surface area contributed by atoms with Gasteiger partial charge in [0.05, 0.1) is 6.04 Å². The third kappa shape index (κ3) is 16.0. The van der Waals surface area contributed by atoms with Gasteiger partial charge in [-0.3, -0.25) is 47.9 Å².